The van der Waals surface area contributed by atoms with E-state index in [4.69, 9.17) is 9.47 Å². The lowest BCUT2D eigenvalue weighted by molar-refractivity contribution is -0.159. The molecule has 4 nitrogen and oxygen atoms in total. The Bertz CT molecular complexity index is 495. The summed E-state index contributed by atoms with van der Waals surface area (Å²) in [6.45, 7) is 11.6. The molecule has 1 unspecified atom stereocenters. The number of rotatable bonds is 5. The topological polar surface area (TPSA) is 47.9 Å². The van der Waals surface area contributed by atoms with Crippen LogP contribution in [0.4, 0.5) is 0 Å². The Balaban J connectivity index is 2.81. The van der Waals surface area contributed by atoms with Gasteiger partial charge in [0.25, 0.3) is 0 Å². The van der Waals surface area contributed by atoms with Gasteiger partial charge in [0.15, 0.2) is 6.04 Å². The van der Waals surface area contributed by atoms with Crippen LogP contribution in [0.2, 0.25) is 0 Å². The van der Waals surface area contributed by atoms with Crippen LogP contribution in [0.5, 0.6) is 0 Å². The molecule has 0 fully saturated rings. The zero-order valence-electron chi connectivity index (χ0n) is 14.4. The van der Waals surface area contributed by atoms with Crippen molar-refractivity contribution in [3.8, 4) is 0 Å². The number of ether oxygens (including phenoxy) is 2. The highest BCUT2D eigenvalue weighted by Crippen LogP contribution is 2.13. The number of carbonyl (C=O) groups is 1. The summed E-state index contributed by atoms with van der Waals surface area (Å²) >= 11 is 0. The van der Waals surface area contributed by atoms with Crippen molar-refractivity contribution in [2.24, 2.45) is 4.99 Å². The Hall–Kier alpha value is -1.68. The van der Waals surface area contributed by atoms with Crippen molar-refractivity contribution >= 4 is 12.2 Å². The van der Waals surface area contributed by atoms with Crippen molar-refractivity contribution < 1.29 is 14.3 Å². The molecule has 0 aliphatic rings. The molecule has 1 atom stereocenters. The highest BCUT2D eigenvalue weighted by atomic mass is 16.6. The van der Waals surface area contributed by atoms with Gasteiger partial charge in [-0.05, 0) is 47.1 Å². The molecule has 0 bridgehead atoms. The van der Waals surface area contributed by atoms with Gasteiger partial charge in [0.05, 0.1) is 12.2 Å². The monoisotopic (exact) mass is 305 g/mol. The van der Waals surface area contributed by atoms with Crippen LogP contribution in [0.1, 0.15) is 47.1 Å². The molecule has 1 aromatic rings. The standard InChI is InChI=1S/C18H27NO3/c1-17(2,3)21-13-15(16(20)22-18(4,5)6)19-12-14-10-8-7-9-11-14/h7-12,15H,13H2,1-6H3. The molecule has 0 saturated heterocycles. The average Bonchev–Trinajstić information content (AvgIpc) is 2.36. The Morgan fingerprint density at radius 1 is 1.09 bits per heavy atom. The van der Waals surface area contributed by atoms with E-state index >= 15 is 0 Å². The first kappa shape index (κ1) is 18.4. The maximum Gasteiger partial charge on any atom is 0.333 e. The Morgan fingerprint density at radius 3 is 2.18 bits per heavy atom. The molecule has 0 saturated carbocycles. The van der Waals surface area contributed by atoms with E-state index in [0.717, 1.165) is 5.56 Å². The number of esters is 1. The third kappa shape index (κ3) is 7.93. The molecule has 0 spiro atoms. The van der Waals surface area contributed by atoms with Gasteiger partial charge in [-0.25, -0.2) is 4.79 Å². The molecule has 0 heterocycles. The van der Waals surface area contributed by atoms with Gasteiger partial charge in [0.2, 0.25) is 0 Å². The lowest BCUT2D eigenvalue weighted by atomic mass is 10.1. The third-order valence-electron chi connectivity index (χ3n) is 2.56. The van der Waals surface area contributed by atoms with E-state index in [1.807, 2.05) is 71.9 Å². The minimum Gasteiger partial charge on any atom is -0.458 e. The largest absolute Gasteiger partial charge is 0.458 e. The lowest BCUT2D eigenvalue weighted by Crippen LogP contribution is -2.36. The molecule has 1 rings (SSSR count). The van der Waals surface area contributed by atoms with Crippen LogP contribution >= 0.6 is 0 Å². The molecule has 0 radical (unpaired) electrons. The summed E-state index contributed by atoms with van der Waals surface area (Å²) in [5, 5.41) is 0. The summed E-state index contributed by atoms with van der Waals surface area (Å²) in [6, 6.07) is 8.98. The van der Waals surface area contributed by atoms with Crippen LogP contribution in [0.15, 0.2) is 35.3 Å². The van der Waals surface area contributed by atoms with Gasteiger partial charge < -0.3 is 9.47 Å². The van der Waals surface area contributed by atoms with E-state index < -0.39 is 11.6 Å². The zero-order valence-corrected chi connectivity index (χ0v) is 14.4. The number of hydrogen-bond acceptors (Lipinski definition) is 4. The van der Waals surface area contributed by atoms with Crippen molar-refractivity contribution in [1.29, 1.82) is 0 Å². The van der Waals surface area contributed by atoms with Crippen LogP contribution in [0, 0.1) is 0 Å². The quantitative estimate of drug-likeness (QED) is 0.616. The van der Waals surface area contributed by atoms with E-state index in [1.165, 1.54) is 0 Å². The van der Waals surface area contributed by atoms with Crippen LogP contribution < -0.4 is 0 Å². The highest BCUT2D eigenvalue weighted by Gasteiger charge is 2.26. The molecule has 122 valence electrons. The molecule has 0 aliphatic heterocycles. The average molecular weight is 305 g/mol. The van der Waals surface area contributed by atoms with Crippen molar-refractivity contribution in [3.63, 3.8) is 0 Å². The molecule has 0 aliphatic carbocycles. The summed E-state index contributed by atoms with van der Waals surface area (Å²) in [6.07, 6.45) is 1.68. The van der Waals surface area contributed by atoms with Gasteiger partial charge >= 0.3 is 5.97 Å². The number of carbonyl (C=O) groups excluding carboxylic acids is 1. The van der Waals surface area contributed by atoms with Gasteiger partial charge in [-0.2, -0.15) is 0 Å². The minimum absolute atomic E-state index is 0.196. The summed E-state index contributed by atoms with van der Waals surface area (Å²) in [7, 11) is 0. The van der Waals surface area contributed by atoms with Gasteiger partial charge in [0, 0.05) is 6.21 Å². The summed E-state index contributed by atoms with van der Waals surface area (Å²) in [5.74, 6) is -0.371. The van der Waals surface area contributed by atoms with E-state index in [-0.39, 0.29) is 18.2 Å². The molecule has 0 N–H and O–H groups in total. The maximum atomic E-state index is 12.3. The number of nitrogens with zero attached hydrogens (tertiary/aromatic N) is 1. The van der Waals surface area contributed by atoms with Gasteiger partial charge in [0.1, 0.15) is 5.60 Å². The predicted molar refractivity (Wildman–Crippen MR) is 89.4 cm³/mol. The minimum atomic E-state index is -0.668. The Kier molecular flexibility index (Phi) is 6.30. The van der Waals surface area contributed by atoms with Crippen LogP contribution in [0.3, 0.4) is 0 Å². The lowest BCUT2D eigenvalue weighted by Gasteiger charge is -2.25. The fraction of sp³-hybridized carbons (Fsp3) is 0.556. The number of aliphatic imine (C=N–C) groups is 1. The second kappa shape index (κ2) is 7.54. The first-order valence-electron chi connectivity index (χ1n) is 7.52. The van der Waals surface area contributed by atoms with Crippen molar-refractivity contribution in [2.75, 3.05) is 6.61 Å². The van der Waals surface area contributed by atoms with Crippen LogP contribution in [-0.4, -0.2) is 36.0 Å². The second-order valence-electron chi connectivity index (χ2n) is 7.16. The van der Waals surface area contributed by atoms with Crippen molar-refractivity contribution in [1.82, 2.24) is 0 Å². The van der Waals surface area contributed by atoms with E-state index in [1.54, 1.807) is 6.21 Å². The zero-order chi connectivity index (χ0) is 16.8. The molecule has 22 heavy (non-hydrogen) atoms. The van der Waals surface area contributed by atoms with Gasteiger partial charge in [-0.1, -0.05) is 30.3 Å². The number of hydrogen-bond donors (Lipinski definition) is 0. The third-order valence-corrected chi connectivity index (χ3v) is 2.56. The molecule has 0 amide bonds. The first-order chi connectivity index (χ1) is 10.1. The second-order valence-corrected chi connectivity index (χ2v) is 7.16. The first-order valence-corrected chi connectivity index (χ1v) is 7.52. The SMILES string of the molecule is CC(C)(C)OCC(N=Cc1ccccc1)C(=O)OC(C)(C)C. The fourth-order valence-electron chi connectivity index (χ4n) is 1.59. The Labute approximate surface area is 133 Å². The van der Waals surface area contributed by atoms with E-state index in [0.29, 0.717) is 0 Å². The maximum absolute atomic E-state index is 12.3. The molecule has 4 heteroatoms. The highest BCUT2D eigenvalue weighted by molar-refractivity contribution is 5.84. The van der Waals surface area contributed by atoms with Gasteiger partial charge in [-0.15, -0.1) is 0 Å². The number of benzene rings is 1. The van der Waals surface area contributed by atoms with Gasteiger partial charge in [-0.3, -0.25) is 4.99 Å². The Morgan fingerprint density at radius 2 is 1.68 bits per heavy atom. The summed E-state index contributed by atoms with van der Waals surface area (Å²) in [4.78, 5) is 16.6. The summed E-state index contributed by atoms with van der Waals surface area (Å²) in [5.41, 5.74) is 0.0637. The summed E-state index contributed by atoms with van der Waals surface area (Å²) < 4.78 is 11.1. The smallest absolute Gasteiger partial charge is 0.333 e. The van der Waals surface area contributed by atoms with E-state index in [9.17, 15) is 4.79 Å². The van der Waals surface area contributed by atoms with Crippen molar-refractivity contribution in [2.45, 2.75) is 58.8 Å². The molecule has 1 aromatic carbocycles. The predicted octanol–water partition coefficient (Wildman–Crippen LogP) is 3.63. The van der Waals surface area contributed by atoms with E-state index in [2.05, 4.69) is 4.99 Å². The van der Waals surface area contributed by atoms with Crippen LogP contribution in [-0.2, 0) is 14.3 Å². The molecule has 0 aromatic heterocycles. The molecular weight excluding hydrogens is 278 g/mol. The van der Waals surface area contributed by atoms with Crippen molar-refractivity contribution in [3.05, 3.63) is 35.9 Å². The molecular formula is C18H27NO3. The fourth-order valence-corrected chi connectivity index (χ4v) is 1.59. The van der Waals surface area contributed by atoms with Crippen LogP contribution in [0.25, 0.3) is 0 Å². The normalized spacial score (nSPS) is 14.1.